The number of carbonyl (C=O) groups excluding carboxylic acids is 3. The van der Waals surface area contributed by atoms with Crippen molar-refractivity contribution < 1.29 is 33.7 Å². The van der Waals surface area contributed by atoms with Gasteiger partial charge >= 0.3 is 5.97 Å². The molecule has 0 fully saturated rings. The van der Waals surface area contributed by atoms with Crippen molar-refractivity contribution in [3.8, 4) is 5.75 Å². The van der Waals surface area contributed by atoms with Crippen LogP contribution in [0.15, 0.2) is 110 Å². The molecular formula is C40H50N2O7. The lowest BCUT2D eigenvalue weighted by Gasteiger charge is -2.23. The summed E-state index contributed by atoms with van der Waals surface area (Å²) in [5, 5.41) is 15.8. The van der Waals surface area contributed by atoms with Gasteiger partial charge < -0.3 is 30.0 Å². The molecule has 0 aliphatic carbocycles. The predicted molar refractivity (Wildman–Crippen MR) is 191 cm³/mol. The van der Waals surface area contributed by atoms with Crippen molar-refractivity contribution in [1.29, 1.82) is 0 Å². The van der Waals surface area contributed by atoms with Crippen molar-refractivity contribution in [2.75, 3.05) is 19.8 Å². The molecule has 9 heteroatoms. The molecule has 0 spiro atoms. The Bertz CT molecular complexity index is 1410. The van der Waals surface area contributed by atoms with Gasteiger partial charge in [0.1, 0.15) is 19.0 Å². The molecule has 3 aromatic rings. The average molecular weight is 671 g/mol. The van der Waals surface area contributed by atoms with E-state index in [0.29, 0.717) is 26.1 Å². The SMILES string of the molecule is C=CCCCCC(=O)OC[C@H](COCc1ccccc1)NC(=O)[C@@H](CC=C)CC(=O)N[C@H](CO)Cc1ccc(OCc2ccccc2)cc1. The molecule has 262 valence electrons. The summed E-state index contributed by atoms with van der Waals surface area (Å²) >= 11 is 0. The number of benzene rings is 3. The molecule has 0 saturated carbocycles. The second-order valence-electron chi connectivity index (χ2n) is 11.9. The van der Waals surface area contributed by atoms with Gasteiger partial charge in [-0.25, -0.2) is 0 Å². The quantitative estimate of drug-likeness (QED) is 0.0620. The molecule has 49 heavy (non-hydrogen) atoms. The van der Waals surface area contributed by atoms with Crippen LogP contribution in [0.3, 0.4) is 0 Å². The molecule has 0 aromatic heterocycles. The van der Waals surface area contributed by atoms with Crippen LogP contribution in [0, 0.1) is 5.92 Å². The highest BCUT2D eigenvalue weighted by atomic mass is 16.5. The van der Waals surface area contributed by atoms with Gasteiger partial charge in [0, 0.05) is 12.8 Å². The number of rotatable bonds is 24. The van der Waals surface area contributed by atoms with Gasteiger partial charge in [-0.05, 0) is 60.9 Å². The van der Waals surface area contributed by atoms with Crippen molar-refractivity contribution in [2.24, 2.45) is 5.92 Å². The standard InChI is InChI=1S/C40H50N2O7/c1-3-5-6-13-19-39(45)49-30-36(29-47-27-32-15-9-7-10-16-32)42-40(46)34(14-4-2)25-38(44)41-35(26-43)24-31-20-22-37(23-21-31)48-28-33-17-11-8-12-18-33/h3-4,7-12,15-18,20-23,34-36,43H,1-2,5-6,13-14,19,24-30H2,(H,41,44)(H,42,46)/t34-,35-,36-/m0/s1. The molecule has 0 aliphatic rings. The van der Waals surface area contributed by atoms with Crippen LogP contribution in [-0.2, 0) is 43.5 Å². The number of unbranched alkanes of at least 4 members (excludes halogenated alkanes) is 2. The van der Waals surface area contributed by atoms with E-state index in [1.807, 2.05) is 91.0 Å². The Labute approximate surface area is 290 Å². The van der Waals surface area contributed by atoms with Gasteiger partial charge in [0.2, 0.25) is 11.8 Å². The van der Waals surface area contributed by atoms with Gasteiger partial charge in [-0.3, -0.25) is 14.4 Å². The summed E-state index contributed by atoms with van der Waals surface area (Å²) in [5.74, 6) is -1.09. The minimum atomic E-state index is -0.718. The van der Waals surface area contributed by atoms with Gasteiger partial charge in [-0.1, -0.05) is 84.9 Å². The van der Waals surface area contributed by atoms with E-state index >= 15 is 0 Å². The first kappa shape index (κ1) is 38.7. The summed E-state index contributed by atoms with van der Waals surface area (Å²) in [6.07, 6.45) is 6.59. The van der Waals surface area contributed by atoms with E-state index in [4.69, 9.17) is 14.2 Å². The fraction of sp³-hybridized carbons (Fsp3) is 0.375. The molecule has 3 aromatic carbocycles. The number of allylic oxidation sites excluding steroid dienone is 2. The number of carbonyl (C=O) groups is 3. The maximum atomic E-state index is 13.4. The summed E-state index contributed by atoms with van der Waals surface area (Å²) in [4.78, 5) is 38.8. The van der Waals surface area contributed by atoms with Crippen LogP contribution < -0.4 is 15.4 Å². The van der Waals surface area contributed by atoms with Crippen LogP contribution in [0.25, 0.3) is 0 Å². The summed E-state index contributed by atoms with van der Waals surface area (Å²) in [6, 6.07) is 25.9. The first-order valence-electron chi connectivity index (χ1n) is 16.9. The first-order valence-corrected chi connectivity index (χ1v) is 16.9. The Kier molecular flexibility index (Phi) is 18.0. The Morgan fingerprint density at radius 3 is 2.06 bits per heavy atom. The summed E-state index contributed by atoms with van der Waals surface area (Å²) in [6.45, 7) is 8.02. The van der Waals surface area contributed by atoms with E-state index in [-0.39, 0.29) is 56.9 Å². The van der Waals surface area contributed by atoms with E-state index in [1.165, 1.54) is 0 Å². The molecule has 0 aliphatic heterocycles. The van der Waals surface area contributed by atoms with Crippen LogP contribution in [0.2, 0.25) is 0 Å². The van der Waals surface area contributed by atoms with Crippen LogP contribution in [0.1, 0.15) is 55.2 Å². The van der Waals surface area contributed by atoms with Crippen molar-refractivity contribution in [1.82, 2.24) is 10.6 Å². The lowest BCUT2D eigenvalue weighted by atomic mass is 9.98. The molecule has 3 atom stereocenters. The zero-order valence-corrected chi connectivity index (χ0v) is 28.3. The summed E-state index contributed by atoms with van der Waals surface area (Å²) in [7, 11) is 0. The Balaban J connectivity index is 1.53. The summed E-state index contributed by atoms with van der Waals surface area (Å²) in [5.41, 5.74) is 2.96. The van der Waals surface area contributed by atoms with Crippen molar-refractivity contribution in [3.63, 3.8) is 0 Å². The zero-order chi connectivity index (χ0) is 35.1. The van der Waals surface area contributed by atoms with E-state index in [1.54, 1.807) is 6.08 Å². The molecule has 9 nitrogen and oxygen atoms in total. The second kappa shape index (κ2) is 22.8. The highest BCUT2D eigenvalue weighted by Gasteiger charge is 2.25. The van der Waals surface area contributed by atoms with E-state index < -0.39 is 18.0 Å². The normalized spacial score (nSPS) is 12.6. The van der Waals surface area contributed by atoms with E-state index in [9.17, 15) is 19.5 Å². The minimum absolute atomic E-state index is 0.0590. The van der Waals surface area contributed by atoms with Crippen molar-refractivity contribution in [3.05, 3.63) is 127 Å². The topological polar surface area (TPSA) is 123 Å². The first-order chi connectivity index (χ1) is 23.9. The predicted octanol–water partition coefficient (Wildman–Crippen LogP) is 5.86. The number of esters is 1. The monoisotopic (exact) mass is 670 g/mol. The van der Waals surface area contributed by atoms with Gasteiger partial charge in [-0.15, -0.1) is 13.2 Å². The van der Waals surface area contributed by atoms with Crippen molar-refractivity contribution >= 4 is 17.8 Å². The molecule has 3 N–H and O–H groups in total. The smallest absolute Gasteiger partial charge is 0.305 e. The van der Waals surface area contributed by atoms with E-state index in [0.717, 1.165) is 35.3 Å². The minimum Gasteiger partial charge on any atom is -0.489 e. The Hall–Kier alpha value is -4.73. The largest absolute Gasteiger partial charge is 0.489 e. The molecule has 0 radical (unpaired) electrons. The van der Waals surface area contributed by atoms with Crippen LogP contribution in [0.4, 0.5) is 0 Å². The third-order valence-corrected chi connectivity index (χ3v) is 7.75. The van der Waals surface area contributed by atoms with Crippen molar-refractivity contribution in [2.45, 2.75) is 70.2 Å². The molecule has 3 rings (SSSR count). The summed E-state index contributed by atoms with van der Waals surface area (Å²) < 4.78 is 17.2. The lowest BCUT2D eigenvalue weighted by Crippen LogP contribution is -2.46. The molecule has 2 amide bonds. The zero-order valence-electron chi connectivity index (χ0n) is 28.3. The number of hydrogen-bond acceptors (Lipinski definition) is 7. The van der Waals surface area contributed by atoms with Gasteiger partial charge in [0.05, 0.1) is 37.8 Å². The average Bonchev–Trinajstić information content (AvgIpc) is 3.12. The lowest BCUT2D eigenvalue weighted by molar-refractivity contribution is -0.146. The third kappa shape index (κ3) is 15.8. The number of amides is 2. The number of hydrogen-bond donors (Lipinski definition) is 3. The van der Waals surface area contributed by atoms with Crippen LogP contribution in [-0.4, -0.2) is 54.8 Å². The fourth-order valence-corrected chi connectivity index (χ4v) is 5.07. The van der Waals surface area contributed by atoms with Crippen LogP contribution >= 0.6 is 0 Å². The molecule has 0 unspecified atom stereocenters. The molecule has 0 saturated heterocycles. The number of nitrogens with one attached hydrogen (secondary N) is 2. The molecule has 0 bridgehead atoms. The molecular weight excluding hydrogens is 620 g/mol. The molecule has 0 heterocycles. The number of aliphatic hydroxyl groups is 1. The number of aliphatic hydroxyl groups excluding tert-OH is 1. The van der Waals surface area contributed by atoms with Crippen LogP contribution in [0.5, 0.6) is 5.75 Å². The number of ether oxygens (including phenoxy) is 3. The van der Waals surface area contributed by atoms with E-state index in [2.05, 4.69) is 23.8 Å². The maximum Gasteiger partial charge on any atom is 0.305 e. The maximum absolute atomic E-state index is 13.4. The Morgan fingerprint density at radius 1 is 0.755 bits per heavy atom. The fourth-order valence-electron chi connectivity index (χ4n) is 5.07. The van der Waals surface area contributed by atoms with Gasteiger partial charge in [-0.2, -0.15) is 0 Å². The highest BCUT2D eigenvalue weighted by molar-refractivity contribution is 5.86. The second-order valence-corrected chi connectivity index (χ2v) is 11.9. The third-order valence-electron chi connectivity index (χ3n) is 7.75. The van der Waals surface area contributed by atoms with Gasteiger partial charge in [0.25, 0.3) is 0 Å². The Morgan fingerprint density at radius 2 is 1.43 bits per heavy atom. The highest BCUT2D eigenvalue weighted by Crippen LogP contribution is 2.16. The van der Waals surface area contributed by atoms with Gasteiger partial charge in [0.15, 0.2) is 0 Å².